The molecular weight excluding hydrogens is 334 g/mol. The third-order valence-corrected chi connectivity index (χ3v) is 3.64. The van der Waals surface area contributed by atoms with Crippen molar-refractivity contribution in [2.24, 2.45) is 0 Å². The lowest BCUT2D eigenvalue weighted by molar-refractivity contribution is -0.292. The van der Waals surface area contributed by atoms with Crippen molar-refractivity contribution in [1.29, 1.82) is 0 Å². The number of nitrogens with zero attached hydrogens (tertiary/aromatic N) is 1. The number of benzene rings is 2. The van der Waals surface area contributed by atoms with Crippen LogP contribution in [0.3, 0.4) is 0 Å². The zero-order valence-electron chi connectivity index (χ0n) is 12.2. The number of halogens is 6. The van der Waals surface area contributed by atoms with Crippen molar-refractivity contribution in [3.05, 3.63) is 53.6 Å². The Morgan fingerprint density at radius 3 is 2.17 bits per heavy atom. The van der Waals surface area contributed by atoms with Crippen LogP contribution in [0.15, 0.2) is 36.4 Å². The normalized spacial score (nSPS) is 12.8. The Labute approximate surface area is 132 Å². The average molecular weight is 344 g/mol. The van der Waals surface area contributed by atoms with Gasteiger partial charge in [-0.15, -0.1) is 0 Å². The van der Waals surface area contributed by atoms with Crippen LogP contribution in [0.25, 0.3) is 22.2 Å². The minimum absolute atomic E-state index is 0.0288. The zero-order chi connectivity index (χ0) is 17.7. The van der Waals surface area contributed by atoms with Crippen molar-refractivity contribution in [2.75, 3.05) is 0 Å². The minimum Gasteiger partial charge on any atom is -0.337 e. The molecule has 0 aliphatic heterocycles. The van der Waals surface area contributed by atoms with Gasteiger partial charge in [0.05, 0.1) is 11.0 Å². The van der Waals surface area contributed by atoms with Crippen LogP contribution in [-0.2, 0) is 5.92 Å². The standard InChI is InChI=1S/C16H10F6N2/c1-8-6-12-13(7-11(8)9-2-4-10(17)5-3-9)24-14(23-12)15(18,19)16(20,21)22/h2-7H,1H3,(H,23,24). The highest BCUT2D eigenvalue weighted by Crippen LogP contribution is 2.43. The molecule has 0 bridgehead atoms. The van der Waals surface area contributed by atoms with Crippen LogP contribution in [0.2, 0.25) is 0 Å². The molecule has 0 fully saturated rings. The average Bonchev–Trinajstić information content (AvgIpc) is 2.89. The second-order valence-electron chi connectivity index (χ2n) is 5.35. The maximum Gasteiger partial charge on any atom is 0.461 e. The first-order chi connectivity index (χ1) is 11.1. The molecule has 2 nitrogen and oxygen atoms in total. The van der Waals surface area contributed by atoms with E-state index >= 15 is 0 Å². The largest absolute Gasteiger partial charge is 0.461 e. The van der Waals surface area contributed by atoms with Gasteiger partial charge in [0, 0.05) is 0 Å². The molecule has 126 valence electrons. The molecule has 0 atom stereocenters. The molecule has 24 heavy (non-hydrogen) atoms. The molecule has 0 aliphatic rings. The molecule has 3 aromatic rings. The molecule has 0 radical (unpaired) electrons. The predicted molar refractivity (Wildman–Crippen MR) is 76.2 cm³/mol. The Bertz CT molecular complexity index is 893. The minimum atomic E-state index is -5.74. The molecule has 0 amide bonds. The summed E-state index contributed by atoms with van der Waals surface area (Å²) < 4.78 is 77.2. The van der Waals surface area contributed by atoms with E-state index in [-0.39, 0.29) is 11.0 Å². The summed E-state index contributed by atoms with van der Waals surface area (Å²) in [6, 6.07) is 8.25. The molecule has 0 spiro atoms. The highest BCUT2D eigenvalue weighted by molar-refractivity contribution is 5.84. The van der Waals surface area contributed by atoms with Gasteiger partial charge in [0.15, 0.2) is 5.82 Å². The number of aromatic nitrogens is 2. The Morgan fingerprint density at radius 2 is 1.58 bits per heavy atom. The van der Waals surface area contributed by atoms with E-state index in [1.807, 2.05) is 4.98 Å². The molecule has 0 saturated carbocycles. The summed E-state index contributed by atoms with van der Waals surface area (Å²) in [5, 5.41) is 0. The summed E-state index contributed by atoms with van der Waals surface area (Å²) in [4.78, 5) is 5.43. The van der Waals surface area contributed by atoms with Crippen molar-refractivity contribution in [3.8, 4) is 11.1 Å². The third kappa shape index (κ3) is 2.61. The van der Waals surface area contributed by atoms with Crippen molar-refractivity contribution in [1.82, 2.24) is 9.97 Å². The number of H-pyrrole nitrogens is 1. The quantitative estimate of drug-likeness (QED) is 0.625. The van der Waals surface area contributed by atoms with E-state index in [0.29, 0.717) is 16.7 Å². The molecule has 3 rings (SSSR count). The zero-order valence-corrected chi connectivity index (χ0v) is 12.2. The Morgan fingerprint density at radius 1 is 0.958 bits per heavy atom. The van der Waals surface area contributed by atoms with Crippen LogP contribution in [0, 0.1) is 12.7 Å². The van der Waals surface area contributed by atoms with E-state index in [1.165, 1.54) is 36.4 Å². The van der Waals surface area contributed by atoms with E-state index in [2.05, 4.69) is 4.98 Å². The molecule has 0 saturated heterocycles. The summed E-state index contributed by atoms with van der Waals surface area (Å²) in [7, 11) is 0. The summed E-state index contributed by atoms with van der Waals surface area (Å²) in [6.45, 7) is 1.67. The number of aryl methyl sites for hydroxylation is 1. The van der Waals surface area contributed by atoms with Gasteiger partial charge >= 0.3 is 12.1 Å². The number of hydrogen-bond acceptors (Lipinski definition) is 1. The first-order valence-electron chi connectivity index (χ1n) is 6.81. The molecule has 0 aliphatic carbocycles. The van der Waals surface area contributed by atoms with Gasteiger partial charge in [-0.25, -0.2) is 9.37 Å². The fourth-order valence-electron chi connectivity index (χ4n) is 2.39. The van der Waals surface area contributed by atoms with Gasteiger partial charge in [-0.3, -0.25) is 0 Å². The van der Waals surface area contributed by atoms with Crippen LogP contribution in [-0.4, -0.2) is 16.1 Å². The first-order valence-corrected chi connectivity index (χ1v) is 6.81. The summed E-state index contributed by atoms with van der Waals surface area (Å²) in [5.74, 6) is -6.97. The molecule has 8 heteroatoms. The van der Waals surface area contributed by atoms with E-state index < -0.39 is 23.7 Å². The number of aromatic amines is 1. The van der Waals surface area contributed by atoms with Crippen molar-refractivity contribution in [2.45, 2.75) is 19.0 Å². The van der Waals surface area contributed by atoms with E-state index in [0.717, 1.165) is 0 Å². The fourth-order valence-corrected chi connectivity index (χ4v) is 2.39. The monoisotopic (exact) mass is 344 g/mol. The SMILES string of the molecule is Cc1cc2[nH]c(C(F)(F)C(F)(F)F)nc2cc1-c1ccc(F)cc1. The topological polar surface area (TPSA) is 28.7 Å². The lowest BCUT2D eigenvalue weighted by atomic mass is 10.00. The number of imidazole rings is 1. The number of nitrogens with one attached hydrogen (secondary N) is 1. The number of fused-ring (bicyclic) bond motifs is 1. The second-order valence-corrected chi connectivity index (χ2v) is 5.35. The fraction of sp³-hybridized carbons (Fsp3) is 0.188. The molecular formula is C16H10F6N2. The van der Waals surface area contributed by atoms with Gasteiger partial charge in [0.2, 0.25) is 0 Å². The van der Waals surface area contributed by atoms with E-state index in [4.69, 9.17) is 0 Å². The van der Waals surface area contributed by atoms with Gasteiger partial charge < -0.3 is 4.98 Å². The molecule has 2 aromatic carbocycles. The summed E-state index contributed by atoms with van der Waals surface area (Å²) in [6.07, 6.45) is -5.74. The number of rotatable bonds is 2. The Hall–Kier alpha value is -2.51. The Kier molecular flexibility index (Phi) is 3.58. The summed E-state index contributed by atoms with van der Waals surface area (Å²) in [5.41, 5.74) is 1.83. The Balaban J connectivity index is 2.13. The summed E-state index contributed by atoms with van der Waals surface area (Å²) >= 11 is 0. The van der Waals surface area contributed by atoms with Crippen LogP contribution in [0.4, 0.5) is 26.3 Å². The lowest BCUT2D eigenvalue weighted by Crippen LogP contribution is -2.34. The maximum absolute atomic E-state index is 13.4. The molecule has 0 unspecified atom stereocenters. The molecule has 1 N–H and O–H groups in total. The van der Waals surface area contributed by atoms with Gasteiger partial charge in [0.25, 0.3) is 0 Å². The number of alkyl halides is 5. The van der Waals surface area contributed by atoms with Crippen LogP contribution in [0.5, 0.6) is 0 Å². The van der Waals surface area contributed by atoms with Crippen molar-refractivity contribution in [3.63, 3.8) is 0 Å². The molecule has 1 heterocycles. The van der Waals surface area contributed by atoms with Gasteiger partial charge in [-0.1, -0.05) is 12.1 Å². The predicted octanol–water partition coefficient (Wildman–Crippen LogP) is 5.33. The van der Waals surface area contributed by atoms with Crippen LogP contribution in [0.1, 0.15) is 11.4 Å². The highest BCUT2D eigenvalue weighted by Gasteiger charge is 2.61. The first kappa shape index (κ1) is 16.4. The van der Waals surface area contributed by atoms with E-state index in [9.17, 15) is 26.3 Å². The molecule has 1 aromatic heterocycles. The van der Waals surface area contributed by atoms with Crippen LogP contribution >= 0.6 is 0 Å². The van der Waals surface area contributed by atoms with Gasteiger partial charge in [-0.2, -0.15) is 22.0 Å². The van der Waals surface area contributed by atoms with Crippen molar-refractivity contribution < 1.29 is 26.3 Å². The van der Waals surface area contributed by atoms with E-state index in [1.54, 1.807) is 6.92 Å². The van der Waals surface area contributed by atoms with Crippen LogP contribution < -0.4 is 0 Å². The highest BCUT2D eigenvalue weighted by atomic mass is 19.4. The van der Waals surface area contributed by atoms with Crippen molar-refractivity contribution >= 4 is 11.0 Å². The third-order valence-electron chi connectivity index (χ3n) is 3.64. The van der Waals surface area contributed by atoms with Gasteiger partial charge in [-0.05, 0) is 47.9 Å². The second kappa shape index (κ2) is 5.25. The van der Waals surface area contributed by atoms with Gasteiger partial charge in [0.1, 0.15) is 5.82 Å². The smallest absolute Gasteiger partial charge is 0.337 e. The number of hydrogen-bond donors (Lipinski definition) is 1. The lowest BCUT2D eigenvalue weighted by Gasteiger charge is -2.16. The maximum atomic E-state index is 13.4.